The van der Waals surface area contributed by atoms with E-state index >= 15 is 0 Å². The van der Waals surface area contributed by atoms with Gasteiger partial charge in [-0.1, -0.05) is 30.3 Å². The standard InChI is InChI=1S/C14H16N2OS2/c1-9-12(8-18-10(2)13(15)17)19-14(16-9)11-6-4-3-5-7-11/h3-7,10H,8H2,1-2H3,(H2,15,17). The maximum Gasteiger partial charge on any atom is 0.230 e. The molecule has 1 heterocycles. The van der Waals surface area contributed by atoms with E-state index < -0.39 is 0 Å². The van der Waals surface area contributed by atoms with Crippen LogP contribution in [-0.2, 0) is 10.5 Å². The number of aryl methyl sites for hydroxylation is 1. The van der Waals surface area contributed by atoms with Crippen molar-refractivity contribution in [3.8, 4) is 10.6 Å². The van der Waals surface area contributed by atoms with Gasteiger partial charge in [0.15, 0.2) is 0 Å². The molecule has 0 saturated carbocycles. The van der Waals surface area contributed by atoms with Crippen LogP contribution in [0.5, 0.6) is 0 Å². The number of thiazole rings is 1. The van der Waals surface area contributed by atoms with Crippen molar-refractivity contribution < 1.29 is 4.79 Å². The monoisotopic (exact) mass is 292 g/mol. The van der Waals surface area contributed by atoms with Crippen LogP contribution in [0.2, 0.25) is 0 Å². The molecular weight excluding hydrogens is 276 g/mol. The van der Waals surface area contributed by atoms with E-state index in [9.17, 15) is 4.79 Å². The number of benzene rings is 1. The van der Waals surface area contributed by atoms with Gasteiger partial charge in [-0.2, -0.15) is 0 Å². The Morgan fingerprint density at radius 1 is 1.42 bits per heavy atom. The average Bonchev–Trinajstić information content (AvgIpc) is 2.78. The molecule has 0 saturated heterocycles. The summed E-state index contributed by atoms with van der Waals surface area (Å²) >= 11 is 3.24. The average molecular weight is 292 g/mol. The molecule has 2 rings (SSSR count). The van der Waals surface area contributed by atoms with E-state index in [4.69, 9.17) is 5.73 Å². The Balaban J connectivity index is 2.11. The van der Waals surface area contributed by atoms with Crippen molar-refractivity contribution in [1.29, 1.82) is 0 Å². The molecule has 2 aromatic rings. The lowest BCUT2D eigenvalue weighted by molar-refractivity contribution is -0.117. The fraction of sp³-hybridized carbons (Fsp3) is 0.286. The van der Waals surface area contributed by atoms with Gasteiger partial charge in [-0.25, -0.2) is 4.98 Å². The van der Waals surface area contributed by atoms with E-state index in [1.54, 1.807) is 23.1 Å². The van der Waals surface area contributed by atoms with E-state index in [1.165, 1.54) is 4.88 Å². The van der Waals surface area contributed by atoms with Gasteiger partial charge in [0.1, 0.15) is 5.01 Å². The summed E-state index contributed by atoms with van der Waals surface area (Å²) in [6, 6.07) is 10.1. The van der Waals surface area contributed by atoms with Gasteiger partial charge >= 0.3 is 0 Å². The molecule has 0 aliphatic heterocycles. The lowest BCUT2D eigenvalue weighted by Gasteiger charge is -2.05. The zero-order chi connectivity index (χ0) is 13.8. The Hall–Kier alpha value is -1.33. The number of carbonyl (C=O) groups is 1. The van der Waals surface area contributed by atoms with E-state index in [0.29, 0.717) is 0 Å². The van der Waals surface area contributed by atoms with Gasteiger partial charge in [0.25, 0.3) is 0 Å². The van der Waals surface area contributed by atoms with Gasteiger partial charge in [0.2, 0.25) is 5.91 Å². The number of carbonyl (C=O) groups excluding carboxylic acids is 1. The highest BCUT2D eigenvalue weighted by Crippen LogP contribution is 2.31. The molecule has 19 heavy (non-hydrogen) atoms. The second kappa shape index (κ2) is 6.21. The molecule has 1 aromatic carbocycles. The maximum absolute atomic E-state index is 11.0. The van der Waals surface area contributed by atoms with Crippen LogP contribution in [0.4, 0.5) is 0 Å². The van der Waals surface area contributed by atoms with Crippen molar-refractivity contribution >= 4 is 29.0 Å². The molecule has 0 radical (unpaired) electrons. The summed E-state index contributed by atoms with van der Waals surface area (Å²) in [6.45, 7) is 3.84. The largest absolute Gasteiger partial charge is 0.369 e. The van der Waals surface area contributed by atoms with Crippen molar-refractivity contribution in [2.75, 3.05) is 0 Å². The minimum absolute atomic E-state index is 0.165. The molecule has 0 spiro atoms. The predicted octanol–water partition coefficient (Wildman–Crippen LogP) is 3.23. The first-order valence-electron chi connectivity index (χ1n) is 6.00. The van der Waals surface area contributed by atoms with Crippen molar-refractivity contribution in [2.45, 2.75) is 24.9 Å². The van der Waals surface area contributed by atoms with Gasteiger partial charge in [-0.3, -0.25) is 4.79 Å². The molecule has 0 aliphatic carbocycles. The molecule has 1 amide bonds. The number of primary amides is 1. The molecular formula is C14H16N2OS2. The van der Waals surface area contributed by atoms with Crippen molar-refractivity contribution in [1.82, 2.24) is 4.98 Å². The number of hydrogen-bond donors (Lipinski definition) is 1. The van der Waals surface area contributed by atoms with Crippen LogP contribution < -0.4 is 5.73 Å². The second-order valence-electron chi connectivity index (χ2n) is 4.25. The van der Waals surface area contributed by atoms with Gasteiger partial charge in [-0.15, -0.1) is 23.1 Å². The van der Waals surface area contributed by atoms with Crippen molar-refractivity contribution in [2.24, 2.45) is 5.73 Å². The number of nitrogens with two attached hydrogens (primary N) is 1. The van der Waals surface area contributed by atoms with E-state index in [2.05, 4.69) is 17.1 Å². The fourth-order valence-corrected chi connectivity index (χ4v) is 3.63. The summed E-state index contributed by atoms with van der Waals surface area (Å²) in [6.07, 6.45) is 0. The number of rotatable bonds is 5. The molecule has 1 atom stereocenters. The highest BCUT2D eigenvalue weighted by molar-refractivity contribution is 7.99. The fourth-order valence-electron chi connectivity index (χ4n) is 1.55. The van der Waals surface area contributed by atoms with Crippen LogP contribution in [-0.4, -0.2) is 16.1 Å². The molecule has 0 fully saturated rings. The van der Waals surface area contributed by atoms with Crippen molar-refractivity contribution in [3.63, 3.8) is 0 Å². The maximum atomic E-state index is 11.0. The quantitative estimate of drug-likeness (QED) is 0.920. The first-order valence-corrected chi connectivity index (χ1v) is 7.87. The third-order valence-corrected chi connectivity index (χ3v) is 5.36. The van der Waals surface area contributed by atoms with Crippen LogP contribution in [0, 0.1) is 6.92 Å². The van der Waals surface area contributed by atoms with E-state index in [1.807, 2.05) is 32.0 Å². The summed E-state index contributed by atoms with van der Waals surface area (Å²) < 4.78 is 0. The Kier molecular flexibility index (Phi) is 4.61. The SMILES string of the molecule is Cc1nc(-c2ccccc2)sc1CSC(C)C(N)=O. The lowest BCUT2D eigenvalue weighted by Crippen LogP contribution is -2.22. The smallest absolute Gasteiger partial charge is 0.230 e. The van der Waals surface area contributed by atoms with Crippen LogP contribution >= 0.6 is 23.1 Å². The molecule has 1 aromatic heterocycles. The number of nitrogens with zero attached hydrogens (tertiary/aromatic N) is 1. The zero-order valence-corrected chi connectivity index (χ0v) is 12.6. The second-order valence-corrected chi connectivity index (χ2v) is 6.66. The molecule has 3 nitrogen and oxygen atoms in total. The van der Waals surface area contributed by atoms with E-state index in [0.717, 1.165) is 22.0 Å². The predicted molar refractivity (Wildman–Crippen MR) is 82.2 cm³/mol. The molecule has 1 unspecified atom stereocenters. The van der Waals surface area contributed by atoms with Crippen LogP contribution in [0.3, 0.4) is 0 Å². The Morgan fingerprint density at radius 2 is 2.11 bits per heavy atom. The van der Waals surface area contributed by atoms with Crippen LogP contribution in [0.1, 0.15) is 17.5 Å². The van der Waals surface area contributed by atoms with Crippen LogP contribution in [0.25, 0.3) is 10.6 Å². The Bertz CT molecular complexity index is 566. The third-order valence-electron chi connectivity index (χ3n) is 2.78. The minimum Gasteiger partial charge on any atom is -0.369 e. The third kappa shape index (κ3) is 3.58. The van der Waals surface area contributed by atoms with Gasteiger partial charge in [0.05, 0.1) is 10.9 Å². The molecule has 0 aliphatic rings. The summed E-state index contributed by atoms with van der Waals surface area (Å²) in [7, 11) is 0. The minimum atomic E-state index is -0.268. The number of thioether (sulfide) groups is 1. The highest BCUT2D eigenvalue weighted by Gasteiger charge is 2.13. The van der Waals surface area contributed by atoms with Crippen LogP contribution in [0.15, 0.2) is 30.3 Å². The zero-order valence-electron chi connectivity index (χ0n) is 10.9. The molecule has 100 valence electrons. The normalized spacial score (nSPS) is 12.3. The number of hydrogen-bond acceptors (Lipinski definition) is 4. The number of amides is 1. The Labute approximate surface area is 121 Å². The highest BCUT2D eigenvalue weighted by atomic mass is 32.2. The van der Waals surface area contributed by atoms with Gasteiger partial charge in [0, 0.05) is 16.2 Å². The molecule has 5 heteroatoms. The summed E-state index contributed by atoms with van der Waals surface area (Å²) in [5.41, 5.74) is 7.43. The lowest BCUT2D eigenvalue weighted by atomic mass is 10.2. The molecule has 2 N–H and O–H groups in total. The molecule has 0 bridgehead atoms. The van der Waals surface area contributed by atoms with E-state index in [-0.39, 0.29) is 11.2 Å². The van der Waals surface area contributed by atoms with Gasteiger partial charge in [-0.05, 0) is 13.8 Å². The topological polar surface area (TPSA) is 56.0 Å². The summed E-state index contributed by atoms with van der Waals surface area (Å²) in [5, 5.41) is 0.863. The van der Waals surface area contributed by atoms with Gasteiger partial charge < -0.3 is 5.73 Å². The summed E-state index contributed by atoms with van der Waals surface area (Å²) in [4.78, 5) is 16.8. The number of aromatic nitrogens is 1. The first kappa shape index (κ1) is 14.1. The first-order chi connectivity index (χ1) is 9.08. The Morgan fingerprint density at radius 3 is 2.74 bits per heavy atom. The summed E-state index contributed by atoms with van der Waals surface area (Å²) in [5.74, 6) is 0.510. The van der Waals surface area contributed by atoms with Crippen molar-refractivity contribution in [3.05, 3.63) is 40.9 Å².